The maximum Gasteiger partial charge on any atom is 0.243 e. The Morgan fingerprint density at radius 3 is 2.21 bits per heavy atom. The molecule has 38 heavy (non-hydrogen) atoms. The van der Waals surface area contributed by atoms with E-state index in [2.05, 4.69) is 5.32 Å². The summed E-state index contributed by atoms with van der Waals surface area (Å²) in [7, 11) is -2.12. The highest BCUT2D eigenvalue weighted by Gasteiger charge is 2.31. The lowest BCUT2D eigenvalue weighted by molar-refractivity contribution is -0.142. The van der Waals surface area contributed by atoms with E-state index in [1.165, 1.54) is 16.3 Å². The van der Waals surface area contributed by atoms with Gasteiger partial charge in [0.25, 0.3) is 0 Å². The van der Waals surface area contributed by atoms with Crippen molar-refractivity contribution in [2.45, 2.75) is 65.1 Å². The van der Waals surface area contributed by atoms with Gasteiger partial charge in [0.1, 0.15) is 11.8 Å². The molecule has 0 aliphatic rings. The number of ether oxygens (including phenoxy) is 1. The summed E-state index contributed by atoms with van der Waals surface area (Å²) in [6.07, 6.45) is 1.73. The van der Waals surface area contributed by atoms with Gasteiger partial charge in [0, 0.05) is 46.7 Å². The monoisotopic (exact) mass is 585 g/mol. The van der Waals surface area contributed by atoms with Gasteiger partial charge in [-0.3, -0.25) is 13.9 Å². The van der Waals surface area contributed by atoms with E-state index in [4.69, 9.17) is 27.9 Å². The summed E-state index contributed by atoms with van der Waals surface area (Å²) in [6, 6.07) is 11.0. The molecule has 2 rings (SSSR count). The molecule has 8 nitrogen and oxygen atoms in total. The molecule has 2 aromatic carbocycles. The second-order valence-corrected chi connectivity index (χ2v) is 12.7. The highest BCUT2D eigenvalue weighted by atomic mass is 35.5. The summed E-state index contributed by atoms with van der Waals surface area (Å²) in [5.74, 6) is -0.0765. The number of carbonyl (C=O) groups excluding carboxylic acids is 2. The van der Waals surface area contributed by atoms with E-state index in [0.717, 1.165) is 6.26 Å². The topological polar surface area (TPSA) is 96.0 Å². The number of benzene rings is 2. The Labute approximate surface area is 236 Å². The molecule has 0 aromatic heterocycles. The van der Waals surface area contributed by atoms with Crippen molar-refractivity contribution >= 4 is 50.7 Å². The minimum atomic E-state index is -3.62. The summed E-state index contributed by atoms with van der Waals surface area (Å²) in [4.78, 5) is 28.2. The highest BCUT2D eigenvalue weighted by Crippen LogP contribution is 2.28. The maximum absolute atomic E-state index is 13.6. The summed E-state index contributed by atoms with van der Waals surface area (Å²) >= 11 is 12.8. The minimum absolute atomic E-state index is 0.0113. The van der Waals surface area contributed by atoms with E-state index < -0.39 is 21.6 Å². The fraction of sp³-hybridized carbons (Fsp3) is 0.481. The Kier molecular flexibility index (Phi) is 11.3. The second-order valence-electron chi connectivity index (χ2n) is 10.0. The number of rotatable bonds is 12. The molecule has 0 saturated carbocycles. The molecule has 0 aliphatic heterocycles. The molecule has 1 N–H and O–H groups in total. The zero-order valence-corrected chi connectivity index (χ0v) is 25.1. The smallest absolute Gasteiger partial charge is 0.243 e. The minimum Gasteiger partial charge on any atom is -0.497 e. The number of hydrogen-bond acceptors (Lipinski definition) is 5. The number of halogens is 2. The number of carbonyl (C=O) groups is 2. The molecule has 210 valence electrons. The predicted octanol–water partition coefficient (Wildman–Crippen LogP) is 5.27. The van der Waals surface area contributed by atoms with Crippen molar-refractivity contribution in [1.82, 2.24) is 10.2 Å². The van der Waals surface area contributed by atoms with Gasteiger partial charge in [-0.05, 0) is 57.9 Å². The Balaban J connectivity index is 2.31. The van der Waals surface area contributed by atoms with Crippen LogP contribution in [0, 0.1) is 0 Å². The molecule has 0 aliphatic carbocycles. The van der Waals surface area contributed by atoms with Gasteiger partial charge in [-0.1, -0.05) is 42.3 Å². The van der Waals surface area contributed by atoms with Gasteiger partial charge in [0.15, 0.2) is 0 Å². The third-order valence-corrected chi connectivity index (χ3v) is 7.67. The van der Waals surface area contributed by atoms with E-state index in [1.54, 1.807) is 42.5 Å². The van der Waals surface area contributed by atoms with Gasteiger partial charge in [-0.2, -0.15) is 0 Å². The third-order valence-electron chi connectivity index (χ3n) is 5.77. The molecule has 0 saturated heterocycles. The number of anilines is 1. The van der Waals surface area contributed by atoms with Crippen molar-refractivity contribution < 1.29 is 22.7 Å². The van der Waals surface area contributed by atoms with Crippen LogP contribution in [0.3, 0.4) is 0 Å². The fourth-order valence-electron chi connectivity index (χ4n) is 4.00. The molecular weight excluding hydrogens is 549 g/mol. The summed E-state index contributed by atoms with van der Waals surface area (Å²) in [5, 5.41) is 3.73. The van der Waals surface area contributed by atoms with Crippen molar-refractivity contribution in [3.63, 3.8) is 0 Å². The third kappa shape index (κ3) is 9.06. The Morgan fingerprint density at radius 1 is 1.08 bits per heavy atom. The maximum atomic E-state index is 13.6. The standard InChI is InChI=1S/C27H37Cl2N3O5S/c1-7-24(26(34)30-27(2,3)4)31(18-21-22(28)13-9-14-23(21)29)25(33)15-10-16-32(38(6,35)36)19-11-8-12-20(17-19)37-5/h8-9,11-14,17,24H,7,10,15-16,18H2,1-6H3,(H,30,34)/t24-/m0/s1. The van der Waals surface area contributed by atoms with Crippen LogP contribution >= 0.6 is 23.2 Å². The van der Waals surface area contributed by atoms with Gasteiger partial charge in [0.05, 0.1) is 19.1 Å². The van der Waals surface area contributed by atoms with Crippen LogP contribution in [0.1, 0.15) is 52.5 Å². The van der Waals surface area contributed by atoms with Crippen molar-refractivity contribution in [3.05, 3.63) is 58.1 Å². The van der Waals surface area contributed by atoms with Gasteiger partial charge in [-0.25, -0.2) is 8.42 Å². The first-order chi connectivity index (χ1) is 17.7. The Bertz CT molecular complexity index is 1210. The summed E-state index contributed by atoms with van der Waals surface area (Å²) < 4.78 is 31.5. The van der Waals surface area contributed by atoms with Crippen LogP contribution in [0.2, 0.25) is 10.0 Å². The van der Waals surface area contributed by atoms with Crippen LogP contribution in [0.5, 0.6) is 5.75 Å². The van der Waals surface area contributed by atoms with E-state index in [1.807, 2.05) is 27.7 Å². The molecule has 11 heteroatoms. The number of methoxy groups -OCH3 is 1. The normalized spacial score (nSPS) is 12.5. The predicted molar refractivity (Wildman–Crippen MR) is 153 cm³/mol. The number of sulfonamides is 1. The van der Waals surface area contributed by atoms with Crippen molar-refractivity contribution in [2.24, 2.45) is 0 Å². The quantitative estimate of drug-likeness (QED) is 0.366. The molecule has 2 amide bonds. The summed E-state index contributed by atoms with van der Waals surface area (Å²) in [5.41, 5.74) is 0.490. The van der Waals surface area contributed by atoms with Crippen molar-refractivity contribution in [3.8, 4) is 5.75 Å². The van der Waals surface area contributed by atoms with Crippen LogP contribution < -0.4 is 14.4 Å². The van der Waals surface area contributed by atoms with Crippen LogP contribution in [-0.4, -0.2) is 56.6 Å². The average molecular weight is 587 g/mol. The zero-order chi connectivity index (χ0) is 28.7. The van der Waals surface area contributed by atoms with E-state index in [0.29, 0.717) is 33.5 Å². The highest BCUT2D eigenvalue weighted by molar-refractivity contribution is 7.92. The van der Waals surface area contributed by atoms with Crippen molar-refractivity contribution in [2.75, 3.05) is 24.2 Å². The average Bonchev–Trinajstić information content (AvgIpc) is 2.81. The lowest BCUT2D eigenvalue weighted by Gasteiger charge is -2.33. The molecule has 0 unspecified atom stereocenters. The largest absolute Gasteiger partial charge is 0.497 e. The first-order valence-corrected chi connectivity index (χ1v) is 14.9. The van der Waals surface area contributed by atoms with E-state index >= 15 is 0 Å². The molecular formula is C27H37Cl2N3O5S. The first-order valence-electron chi connectivity index (χ1n) is 12.3. The number of hydrogen-bond donors (Lipinski definition) is 1. The number of nitrogens with one attached hydrogen (secondary N) is 1. The molecule has 2 aromatic rings. The van der Waals surface area contributed by atoms with Crippen molar-refractivity contribution in [1.29, 1.82) is 0 Å². The van der Waals surface area contributed by atoms with Crippen LogP contribution in [0.25, 0.3) is 0 Å². The van der Waals surface area contributed by atoms with Gasteiger partial charge in [0.2, 0.25) is 21.8 Å². The summed E-state index contributed by atoms with van der Waals surface area (Å²) in [6.45, 7) is 7.55. The fourth-order valence-corrected chi connectivity index (χ4v) is 5.47. The van der Waals surface area contributed by atoms with Crippen LogP contribution in [-0.2, 0) is 26.2 Å². The zero-order valence-electron chi connectivity index (χ0n) is 22.8. The Morgan fingerprint density at radius 2 is 1.68 bits per heavy atom. The van der Waals surface area contributed by atoms with Gasteiger partial charge in [-0.15, -0.1) is 0 Å². The Hall–Kier alpha value is -2.49. The molecule has 0 bridgehead atoms. The van der Waals surface area contributed by atoms with E-state index in [9.17, 15) is 18.0 Å². The first kappa shape index (κ1) is 31.7. The lowest BCUT2D eigenvalue weighted by Crippen LogP contribution is -2.53. The van der Waals surface area contributed by atoms with Crippen LogP contribution in [0.15, 0.2) is 42.5 Å². The molecule has 0 radical (unpaired) electrons. The molecule has 0 spiro atoms. The SMILES string of the molecule is CC[C@@H](C(=O)NC(C)(C)C)N(Cc1c(Cl)cccc1Cl)C(=O)CCCN(c1cccc(OC)c1)S(C)(=O)=O. The molecule has 0 heterocycles. The van der Waals surface area contributed by atoms with Gasteiger partial charge >= 0.3 is 0 Å². The molecule has 0 fully saturated rings. The second kappa shape index (κ2) is 13.5. The van der Waals surface area contributed by atoms with Crippen LogP contribution in [0.4, 0.5) is 5.69 Å². The molecule has 1 atom stereocenters. The van der Waals surface area contributed by atoms with E-state index in [-0.39, 0.29) is 37.7 Å². The number of amides is 2. The number of nitrogens with zero attached hydrogens (tertiary/aromatic N) is 2. The lowest BCUT2D eigenvalue weighted by atomic mass is 10.0. The van der Waals surface area contributed by atoms with Gasteiger partial charge < -0.3 is 15.0 Å².